The number of hydrogen-bond acceptors (Lipinski definition) is 6. The lowest BCUT2D eigenvalue weighted by molar-refractivity contribution is -0.0208. The van der Waals surface area contributed by atoms with Crippen LogP contribution in [-0.2, 0) is 19.3 Å². The number of aliphatic hydroxyl groups is 2. The van der Waals surface area contributed by atoms with Gasteiger partial charge in [0.05, 0.1) is 19.8 Å². The molecule has 7 nitrogen and oxygen atoms in total. The van der Waals surface area contributed by atoms with Crippen LogP contribution in [0.1, 0.15) is 64.2 Å². The van der Waals surface area contributed by atoms with Gasteiger partial charge in [-0.2, -0.15) is 8.42 Å². The minimum absolute atomic E-state index is 0.0499. The molecule has 0 heterocycles. The van der Waals surface area contributed by atoms with Gasteiger partial charge in [-0.1, -0.05) is 51.4 Å². The highest BCUT2D eigenvalue weighted by Gasteiger charge is 2.04. The number of rotatable bonds is 17. The van der Waals surface area contributed by atoms with Gasteiger partial charge in [-0.3, -0.25) is 4.55 Å². The number of hydrogen-bond donors (Lipinski definition) is 3. The van der Waals surface area contributed by atoms with Crippen molar-refractivity contribution < 1.29 is 32.1 Å². The van der Waals surface area contributed by atoms with Crippen molar-refractivity contribution in [3.63, 3.8) is 0 Å². The zero-order valence-corrected chi connectivity index (χ0v) is 14.7. The second-order valence-electron chi connectivity index (χ2n) is 5.64. The lowest BCUT2D eigenvalue weighted by Gasteiger charge is -2.11. The van der Waals surface area contributed by atoms with Gasteiger partial charge in [-0.15, -0.1) is 0 Å². The first kappa shape index (κ1) is 22.8. The van der Waals surface area contributed by atoms with Crippen LogP contribution >= 0.6 is 0 Å². The van der Waals surface area contributed by atoms with Crippen molar-refractivity contribution in [3.8, 4) is 0 Å². The van der Waals surface area contributed by atoms with Gasteiger partial charge in [-0.05, 0) is 12.8 Å². The molecule has 0 aromatic carbocycles. The Morgan fingerprint density at radius 2 is 1.09 bits per heavy atom. The van der Waals surface area contributed by atoms with E-state index in [-0.39, 0.29) is 19.8 Å². The highest BCUT2D eigenvalue weighted by Crippen LogP contribution is 2.11. The first-order valence-corrected chi connectivity index (χ1v) is 9.81. The van der Waals surface area contributed by atoms with Crippen LogP contribution in [0.25, 0.3) is 0 Å². The standard InChI is InChI=1S/C15H32O7S/c16-13-15(14-17)21-11-9-7-5-3-1-2-4-6-8-10-12-22-23(18,19)20/h15-17H,1-14H2,(H,18,19,20). The van der Waals surface area contributed by atoms with E-state index in [1.54, 1.807) is 0 Å². The maximum atomic E-state index is 10.3. The van der Waals surface area contributed by atoms with E-state index in [1.807, 2.05) is 0 Å². The molecule has 0 rings (SSSR count). The Balaban J connectivity index is 3.13. The summed E-state index contributed by atoms with van der Waals surface area (Å²) in [7, 11) is -4.28. The molecule has 0 atom stereocenters. The normalized spacial score (nSPS) is 12.2. The van der Waals surface area contributed by atoms with E-state index in [1.165, 1.54) is 19.3 Å². The molecule has 0 unspecified atom stereocenters. The molecule has 0 saturated carbocycles. The summed E-state index contributed by atoms with van der Waals surface area (Å²) in [6, 6.07) is 0. The number of aliphatic hydroxyl groups excluding tert-OH is 2. The Kier molecular flexibility index (Phi) is 15.1. The predicted octanol–water partition coefficient (Wildman–Crippen LogP) is 2.08. The third kappa shape index (κ3) is 17.9. The Labute approximate surface area is 140 Å². The molecular formula is C15H32O7S. The van der Waals surface area contributed by atoms with E-state index in [9.17, 15) is 8.42 Å². The Bertz CT molecular complexity index is 342. The van der Waals surface area contributed by atoms with E-state index in [0.29, 0.717) is 13.0 Å². The lowest BCUT2D eigenvalue weighted by Crippen LogP contribution is -2.22. The summed E-state index contributed by atoms with van der Waals surface area (Å²) >= 11 is 0. The Hall–Kier alpha value is -0.250. The van der Waals surface area contributed by atoms with Crippen LogP contribution in [0.4, 0.5) is 0 Å². The molecule has 0 aliphatic carbocycles. The minimum Gasteiger partial charge on any atom is -0.394 e. The SMILES string of the molecule is O=S(=O)(O)OCCCCCCCCCCCCOC(CO)CO. The Morgan fingerprint density at radius 3 is 1.48 bits per heavy atom. The second-order valence-corrected chi connectivity index (χ2v) is 6.73. The summed E-state index contributed by atoms with van der Waals surface area (Å²) in [6.45, 7) is 0.350. The first-order chi connectivity index (χ1) is 11.0. The largest absolute Gasteiger partial charge is 0.397 e. The highest BCUT2D eigenvalue weighted by atomic mass is 32.3. The van der Waals surface area contributed by atoms with Gasteiger partial charge in [0, 0.05) is 6.61 Å². The molecule has 140 valence electrons. The van der Waals surface area contributed by atoms with Gasteiger partial charge in [0.2, 0.25) is 0 Å². The van der Waals surface area contributed by atoms with Crippen LogP contribution in [0.15, 0.2) is 0 Å². The van der Waals surface area contributed by atoms with Gasteiger partial charge in [0.15, 0.2) is 0 Å². The van der Waals surface area contributed by atoms with Crippen LogP contribution < -0.4 is 0 Å². The zero-order valence-electron chi connectivity index (χ0n) is 13.9. The van der Waals surface area contributed by atoms with E-state index in [0.717, 1.165) is 38.5 Å². The zero-order chi connectivity index (χ0) is 17.4. The maximum absolute atomic E-state index is 10.3. The van der Waals surface area contributed by atoms with Crippen molar-refractivity contribution in [2.24, 2.45) is 0 Å². The molecule has 0 fully saturated rings. The summed E-state index contributed by atoms with van der Waals surface area (Å²) in [4.78, 5) is 0. The quantitative estimate of drug-likeness (QED) is 0.270. The molecule has 0 aliphatic rings. The molecule has 0 radical (unpaired) electrons. The summed E-state index contributed by atoms with van der Waals surface area (Å²) < 4.78 is 38.5. The molecule has 0 saturated heterocycles. The predicted molar refractivity (Wildman–Crippen MR) is 87.6 cm³/mol. The van der Waals surface area contributed by atoms with Crippen molar-refractivity contribution in [1.82, 2.24) is 0 Å². The smallest absolute Gasteiger partial charge is 0.394 e. The van der Waals surface area contributed by atoms with Crippen LogP contribution in [0.2, 0.25) is 0 Å². The fourth-order valence-corrected chi connectivity index (χ4v) is 2.52. The molecule has 0 aromatic heterocycles. The van der Waals surface area contributed by atoms with Crippen molar-refractivity contribution in [1.29, 1.82) is 0 Å². The molecular weight excluding hydrogens is 324 g/mol. The third-order valence-electron chi connectivity index (χ3n) is 3.53. The number of ether oxygens (including phenoxy) is 1. The summed E-state index contributed by atoms with van der Waals surface area (Å²) in [5, 5.41) is 17.6. The van der Waals surface area contributed by atoms with Gasteiger partial charge in [0.1, 0.15) is 6.10 Å². The first-order valence-electron chi connectivity index (χ1n) is 8.44. The van der Waals surface area contributed by atoms with E-state index >= 15 is 0 Å². The van der Waals surface area contributed by atoms with Gasteiger partial charge >= 0.3 is 10.4 Å². The molecule has 0 bridgehead atoms. The fourth-order valence-electron chi connectivity index (χ4n) is 2.20. The fraction of sp³-hybridized carbons (Fsp3) is 1.00. The lowest BCUT2D eigenvalue weighted by atomic mass is 10.1. The average molecular weight is 356 g/mol. The second kappa shape index (κ2) is 15.3. The van der Waals surface area contributed by atoms with Crippen LogP contribution in [-0.4, -0.2) is 55.7 Å². The number of unbranched alkanes of at least 4 members (excludes halogenated alkanes) is 9. The van der Waals surface area contributed by atoms with Crippen LogP contribution in [0.5, 0.6) is 0 Å². The molecule has 0 aliphatic heterocycles. The van der Waals surface area contributed by atoms with Crippen LogP contribution in [0, 0.1) is 0 Å². The molecule has 0 spiro atoms. The molecule has 3 N–H and O–H groups in total. The van der Waals surface area contributed by atoms with E-state index in [2.05, 4.69) is 4.18 Å². The summed E-state index contributed by atoms with van der Waals surface area (Å²) in [5.41, 5.74) is 0. The van der Waals surface area contributed by atoms with E-state index < -0.39 is 16.5 Å². The van der Waals surface area contributed by atoms with Gasteiger partial charge < -0.3 is 14.9 Å². The third-order valence-corrected chi connectivity index (χ3v) is 4.00. The van der Waals surface area contributed by atoms with Crippen molar-refractivity contribution in [2.75, 3.05) is 26.4 Å². The van der Waals surface area contributed by atoms with Gasteiger partial charge in [-0.25, -0.2) is 4.18 Å². The van der Waals surface area contributed by atoms with E-state index in [4.69, 9.17) is 19.5 Å². The maximum Gasteiger partial charge on any atom is 0.397 e. The average Bonchev–Trinajstić information content (AvgIpc) is 2.50. The Morgan fingerprint density at radius 1 is 0.696 bits per heavy atom. The summed E-state index contributed by atoms with van der Waals surface area (Å²) in [6.07, 6.45) is 10.0. The van der Waals surface area contributed by atoms with Crippen molar-refractivity contribution >= 4 is 10.4 Å². The van der Waals surface area contributed by atoms with Crippen LogP contribution in [0.3, 0.4) is 0 Å². The highest BCUT2D eigenvalue weighted by molar-refractivity contribution is 7.80. The minimum atomic E-state index is -4.28. The molecule has 23 heavy (non-hydrogen) atoms. The van der Waals surface area contributed by atoms with Crippen molar-refractivity contribution in [3.05, 3.63) is 0 Å². The topological polar surface area (TPSA) is 113 Å². The molecule has 8 heteroatoms. The molecule has 0 amide bonds. The summed E-state index contributed by atoms with van der Waals surface area (Å²) in [5.74, 6) is 0. The van der Waals surface area contributed by atoms with Crippen molar-refractivity contribution in [2.45, 2.75) is 70.3 Å². The monoisotopic (exact) mass is 356 g/mol. The molecule has 0 aromatic rings. The van der Waals surface area contributed by atoms with Gasteiger partial charge in [0.25, 0.3) is 0 Å².